The molecule has 27 heavy (non-hydrogen) atoms. The number of benzene rings is 1. The third-order valence-corrected chi connectivity index (χ3v) is 11.2. The Labute approximate surface area is 173 Å². The summed E-state index contributed by atoms with van der Waals surface area (Å²) in [5, 5.41) is 0. The highest BCUT2D eigenvalue weighted by molar-refractivity contribution is 9.10. The summed E-state index contributed by atoms with van der Waals surface area (Å²) < 4.78 is 1.24. The summed E-state index contributed by atoms with van der Waals surface area (Å²) in [6.45, 7) is 0. The lowest BCUT2D eigenvalue weighted by Crippen LogP contribution is -2.63. The zero-order valence-corrected chi connectivity index (χ0v) is 18.1. The summed E-state index contributed by atoms with van der Waals surface area (Å²) >= 11 is 3.67. The maximum Gasteiger partial charge on any atom is 0.0175 e. The Hall–Kier alpha value is -0.300. The Bertz CT molecular complexity index is 725. The Balaban J connectivity index is 1.33. The minimum absolute atomic E-state index is 0.522. The van der Waals surface area contributed by atoms with E-state index in [1.807, 2.05) is 0 Å². The van der Waals surface area contributed by atoms with Gasteiger partial charge < -0.3 is 0 Å². The van der Waals surface area contributed by atoms with Gasteiger partial charge in [-0.15, -0.1) is 0 Å². The first-order valence-corrected chi connectivity index (χ1v) is 12.6. The molecule has 8 saturated carbocycles. The van der Waals surface area contributed by atoms with Crippen molar-refractivity contribution < 1.29 is 0 Å². The summed E-state index contributed by atoms with van der Waals surface area (Å²) in [6.07, 6.45) is 19.0. The van der Waals surface area contributed by atoms with Gasteiger partial charge in [-0.2, -0.15) is 0 Å². The lowest BCUT2D eigenvalue weighted by atomic mass is 9.32. The third kappa shape index (κ3) is 2.16. The fraction of sp³-hybridized carbons (Fsp3) is 0.769. The van der Waals surface area contributed by atoms with Gasteiger partial charge in [0.1, 0.15) is 0 Å². The van der Waals surface area contributed by atoms with E-state index in [1.54, 1.807) is 69.8 Å². The van der Waals surface area contributed by atoms with Crippen LogP contribution in [0.15, 0.2) is 28.7 Å². The average molecular weight is 425 g/mol. The van der Waals surface area contributed by atoms with E-state index in [1.165, 1.54) is 17.3 Å². The summed E-state index contributed by atoms with van der Waals surface area (Å²) in [6, 6.07) is 9.58. The van der Waals surface area contributed by atoms with E-state index in [2.05, 4.69) is 40.2 Å². The van der Waals surface area contributed by atoms with Gasteiger partial charge in [0.2, 0.25) is 0 Å². The van der Waals surface area contributed by atoms with E-state index in [9.17, 15) is 0 Å². The molecular formula is C26H33Br. The Morgan fingerprint density at radius 3 is 1.63 bits per heavy atom. The molecule has 8 aliphatic carbocycles. The van der Waals surface area contributed by atoms with E-state index in [0.717, 1.165) is 35.0 Å². The predicted octanol–water partition coefficient (Wildman–Crippen LogP) is 7.50. The zero-order valence-electron chi connectivity index (χ0n) is 16.6. The molecule has 1 aromatic rings. The quantitative estimate of drug-likeness (QED) is 0.460. The Kier molecular flexibility index (Phi) is 3.20. The van der Waals surface area contributed by atoms with E-state index in [4.69, 9.17) is 0 Å². The van der Waals surface area contributed by atoms with Crippen molar-refractivity contribution in [1.82, 2.24) is 0 Å². The van der Waals surface area contributed by atoms with E-state index in [-0.39, 0.29) is 0 Å². The first-order valence-electron chi connectivity index (χ1n) is 11.8. The maximum atomic E-state index is 3.67. The summed E-state index contributed by atoms with van der Waals surface area (Å²) in [7, 11) is 0. The number of hydrogen-bond acceptors (Lipinski definition) is 0. The van der Waals surface area contributed by atoms with Crippen molar-refractivity contribution in [2.24, 2.45) is 40.4 Å². The van der Waals surface area contributed by atoms with Gasteiger partial charge in [-0.1, -0.05) is 28.1 Å². The molecule has 2 atom stereocenters. The van der Waals surface area contributed by atoms with Gasteiger partial charge >= 0.3 is 0 Å². The van der Waals surface area contributed by atoms with E-state index < -0.39 is 0 Å². The van der Waals surface area contributed by atoms with Crippen LogP contribution in [0.25, 0.3) is 0 Å². The van der Waals surface area contributed by atoms with Gasteiger partial charge in [0, 0.05) is 4.47 Å². The summed E-state index contributed by atoms with van der Waals surface area (Å²) in [5.74, 6) is 5.37. The van der Waals surface area contributed by atoms with Crippen LogP contribution in [-0.4, -0.2) is 0 Å². The highest BCUT2D eigenvalue weighted by Crippen LogP contribution is 2.77. The molecule has 2 unspecified atom stereocenters. The molecule has 8 fully saturated rings. The number of halogens is 1. The molecule has 0 amide bonds. The van der Waals surface area contributed by atoms with Crippen LogP contribution in [0.1, 0.15) is 82.6 Å². The fourth-order valence-electron chi connectivity index (χ4n) is 10.8. The van der Waals surface area contributed by atoms with Crippen LogP contribution in [0.3, 0.4) is 0 Å². The second kappa shape index (κ2) is 5.24. The molecule has 0 nitrogen and oxygen atoms in total. The molecule has 0 spiro atoms. The largest absolute Gasteiger partial charge is 0.0574 e. The van der Waals surface area contributed by atoms with Gasteiger partial charge in [-0.3, -0.25) is 0 Å². The zero-order chi connectivity index (χ0) is 17.9. The fourth-order valence-corrected chi connectivity index (χ4v) is 11.0. The van der Waals surface area contributed by atoms with Crippen LogP contribution < -0.4 is 0 Å². The van der Waals surface area contributed by atoms with Crippen LogP contribution >= 0.6 is 15.9 Å². The molecule has 0 N–H and O–H groups in total. The molecule has 9 rings (SSSR count). The minimum atomic E-state index is 0.522. The average Bonchev–Trinajstić information content (AvgIpc) is 2.60. The van der Waals surface area contributed by atoms with E-state index in [0.29, 0.717) is 10.8 Å². The maximum absolute atomic E-state index is 3.67. The molecule has 0 radical (unpaired) electrons. The molecule has 1 aromatic carbocycles. The van der Waals surface area contributed by atoms with Crippen LogP contribution in [0.4, 0.5) is 0 Å². The summed E-state index contributed by atoms with van der Waals surface area (Å²) in [4.78, 5) is 0. The molecule has 0 heterocycles. The van der Waals surface area contributed by atoms with Crippen molar-refractivity contribution in [3.8, 4) is 0 Å². The molecule has 8 aliphatic rings. The molecule has 1 heteroatoms. The number of rotatable bonds is 2. The normalized spacial score (nSPS) is 54.6. The smallest absolute Gasteiger partial charge is 0.0175 e. The molecule has 0 aliphatic heterocycles. The van der Waals surface area contributed by atoms with Crippen molar-refractivity contribution in [2.45, 2.75) is 82.5 Å². The lowest BCUT2D eigenvalue weighted by molar-refractivity contribution is -0.205. The molecular weight excluding hydrogens is 392 g/mol. The second-order valence-corrected chi connectivity index (χ2v) is 13.1. The van der Waals surface area contributed by atoms with Gasteiger partial charge in [0.15, 0.2) is 0 Å². The highest BCUT2D eigenvalue weighted by Gasteiger charge is 2.67. The highest BCUT2D eigenvalue weighted by atomic mass is 79.9. The topological polar surface area (TPSA) is 0 Å². The molecule has 144 valence electrons. The van der Waals surface area contributed by atoms with Crippen LogP contribution in [0.5, 0.6) is 0 Å². The molecule has 8 bridgehead atoms. The van der Waals surface area contributed by atoms with Crippen LogP contribution in [0.2, 0.25) is 0 Å². The number of hydrogen-bond donors (Lipinski definition) is 0. The van der Waals surface area contributed by atoms with Gasteiger partial charge in [-0.05, 0) is 141 Å². The first kappa shape index (κ1) is 16.5. The Morgan fingerprint density at radius 2 is 1.07 bits per heavy atom. The van der Waals surface area contributed by atoms with Crippen molar-refractivity contribution in [3.05, 3.63) is 34.3 Å². The monoisotopic (exact) mass is 424 g/mol. The van der Waals surface area contributed by atoms with Crippen LogP contribution in [-0.2, 0) is 5.41 Å². The Morgan fingerprint density at radius 1 is 0.593 bits per heavy atom. The predicted molar refractivity (Wildman–Crippen MR) is 114 cm³/mol. The first-order chi connectivity index (χ1) is 13.1. The van der Waals surface area contributed by atoms with Crippen molar-refractivity contribution in [2.75, 3.05) is 0 Å². The van der Waals surface area contributed by atoms with Gasteiger partial charge in [-0.25, -0.2) is 0 Å². The molecule has 0 aromatic heterocycles. The SMILES string of the molecule is Brc1ccc(C23CC4CC(C2)CC(C25CC6CC(CC(C6)C2)C5)(C4)C3)cc1. The van der Waals surface area contributed by atoms with Gasteiger partial charge in [0.25, 0.3) is 0 Å². The summed E-state index contributed by atoms with van der Waals surface area (Å²) in [5.41, 5.74) is 3.67. The van der Waals surface area contributed by atoms with Crippen molar-refractivity contribution in [1.29, 1.82) is 0 Å². The third-order valence-electron chi connectivity index (χ3n) is 10.7. The standard InChI is InChI=1S/C26H33Br/c27-23-3-1-22(2-4-23)24-9-20-8-21(10-24)15-26(14-20,16-24)25-11-17-5-18(12-25)7-19(6-17)13-25/h1-4,17-21H,5-16H2. The van der Waals surface area contributed by atoms with Crippen molar-refractivity contribution in [3.63, 3.8) is 0 Å². The van der Waals surface area contributed by atoms with Gasteiger partial charge in [0.05, 0.1) is 0 Å². The molecule has 0 saturated heterocycles. The second-order valence-electron chi connectivity index (χ2n) is 12.2. The van der Waals surface area contributed by atoms with E-state index >= 15 is 0 Å². The lowest BCUT2D eigenvalue weighted by Gasteiger charge is -2.72. The van der Waals surface area contributed by atoms with Crippen molar-refractivity contribution >= 4 is 15.9 Å². The minimum Gasteiger partial charge on any atom is -0.0574 e. The van der Waals surface area contributed by atoms with Crippen LogP contribution in [0, 0.1) is 40.4 Å².